The summed E-state index contributed by atoms with van der Waals surface area (Å²) in [5, 5.41) is 4.66. The summed E-state index contributed by atoms with van der Waals surface area (Å²) in [6, 6.07) is 3.61. The topological polar surface area (TPSA) is 68.0 Å². The molecule has 18 heavy (non-hydrogen) atoms. The van der Waals surface area contributed by atoms with E-state index in [1.807, 2.05) is 19.9 Å². The number of thioether (sulfide) groups is 1. The highest BCUT2D eigenvalue weighted by atomic mass is 35.5. The number of primary amides is 1. The van der Waals surface area contributed by atoms with Gasteiger partial charge in [-0.3, -0.25) is 4.79 Å². The number of carbonyl (C=O) groups is 1. The molecule has 6 heteroatoms. The van der Waals surface area contributed by atoms with Gasteiger partial charge in [-0.05, 0) is 18.6 Å². The summed E-state index contributed by atoms with van der Waals surface area (Å²) in [6.07, 6.45) is 2.30. The zero-order valence-electron chi connectivity index (χ0n) is 10.5. The van der Waals surface area contributed by atoms with E-state index < -0.39 is 0 Å². The van der Waals surface area contributed by atoms with Gasteiger partial charge in [-0.15, -0.1) is 11.8 Å². The number of halogens is 1. The number of hydrogen-bond donors (Lipinski definition) is 2. The van der Waals surface area contributed by atoms with E-state index in [1.165, 1.54) is 0 Å². The zero-order valence-corrected chi connectivity index (χ0v) is 12.1. The van der Waals surface area contributed by atoms with Crippen LogP contribution < -0.4 is 11.1 Å². The molecule has 0 aliphatic carbocycles. The van der Waals surface area contributed by atoms with Crippen molar-refractivity contribution >= 4 is 29.3 Å². The Labute approximate surface area is 117 Å². The predicted octanol–water partition coefficient (Wildman–Crippen LogP) is 2.07. The molecule has 1 amide bonds. The molecule has 3 N–H and O–H groups in total. The van der Waals surface area contributed by atoms with E-state index in [0.717, 1.165) is 10.8 Å². The van der Waals surface area contributed by atoms with Crippen molar-refractivity contribution in [2.45, 2.75) is 37.4 Å². The third-order valence-corrected chi connectivity index (χ3v) is 3.44. The van der Waals surface area contributed by atoms with Crippen LogP contribution in [0.15, 0.2) is 23.4 Å². The molecule has 100 valence electrons. The van der Waals surface area contributed by atoms with Gasteiger partial charge in [0.05, 0.1) is 16.1 Å². The van der Waals surface area contributed by atoms with E-state index in [4.69, 9.17) is 17.3 Å². The Kier molecular flexibility index (Phi) is 6.46. The van der Waals surface area contributed by atoms with Crippen LogP contribution in [0.1, 0.15) is 20.3 Å². The molecule has 0 aliphatic heterocycles. The van der Waals surface area contributed by atoms with E-state index in [2.05, 4.69) is 10.3 Å². The first-order valence-corrected chi connectivity index (χ1v) is 7.15. The van der Waals surface area contributed by atoms with Crippen LogP contribution in [-0.2, 0) is 4.79 Å². The van der Waals surface area contributed by atoms with E-state index in [0.29, 0.717) is 11.4 Å². The molecule has 4 nitrogen and oxygen atoms in total. The lowest BCUT2D eigenvalue weighted by molar-refractivity contribution is -0.120. The van der Waals surface area contributed by atoms with Gasteiger partial charge in [0, 0.05) is 18.0 Å². The molecule has 1 unspecified atom stereocenters. The van der Waals surface area contributed by atoms with Crippen LogP contribution in [0.3, 0.4) is 0 Å². The maximum absolute atomic E-state index is 11.2. The lowest BCUT2D eigenvalue weighted by atomic mass is 10.2. The van der Waals surface area contributed by atoms with Gasteiger partial charge >= 0.3 is 0 Å². The summed E-state index contributed by atoms with van der Waals surface area (Å²) in [5.41, 5.74) is 5.34. The Balaban J connectivity index is 2.38. The van der Waals surface area contributed by atoms with Gasteiger partial charge < -0.3 is 11.1 Å². The highest BCUT2D eigenvalue weighted by molar-refractivity contribution is 7.99. The number of nitrogens with zero attached hydrogens (tertiary/aromatic N) is 1. The molecular formula is C12H18ClN3OS. The Bertz CT molecular complexity index is 383. The summed E-state index contributed by atoms with van der Waals surface area (Å²) in [5.74, 6) is 0.468. The van der Waals surface area contributed by atoms with Crippen LogP contribution >= 0.6 is 23.4 Å². The minimum atomic E-state index is -0.312. The number of aromatic nitrogens is 1. The summed E-state index contributed by atoms with van der Waals surface area (Å²) < 4.78 is 0. The number of amides is 1. The van der Waals surface area contributed by atoms with Crippen LogP contribution in [0.2, 0.25) is 5.02 Å². The first-order chi connectivity index (χ1) is 8.49. The van der Waals surface area contributed by atoms with Crippen molar-refractivity contribution in [3.63, 3.8) is 0 Å². The van der Waals surface area contributed by atoms with Crippen molar-refractivity contribution in [1.82, 2.24) is 10.3 Å². The second-order valence-corrected chi connectivity index (χ2v) is 5.78. The maximum Gasteiger partial charge on any atom is 0.234 e. The van der Waals surface area contributed by atoms with Crippen LogP contribution in [0.4, 0.5) is 0 Å². The number of carbonyl (C=O) groups excluding carboxylic acids is 1. The number of rotatable bonds is 7. The Morgan fingerprint density at radius 2 is 2.28 bits per heavy atom. The van der Waals surface area contributed by atoms with E-state index in [1.54, 1.807) is 24.0 Å². The average molecular weight is 288 g/mol. The molecular weight excluding hydrogens is 270 g/mol. The van der Waals surface area contributed by atoms with Crippen molar-refractivity contribution in [2.24, 2.45) is 5.73 Å². The van der Waals surface area contributed by atoms with Gasteiger partial charge in [0.15, 0.2) is 0 Å². The summed E-state index contributed by atoms with van der Waals surface area (Å²) in [7, 11) is 0. The maximum atomic E-state index is 11.2. The van der Waals surface area contributed by atoms with Gasteiger partial charge in [0.2, 0.25) is 5.91 Å². The fraction of sp³-hybridized carbons (Fsp3) is 0.500. The van der Waals surface area contributed by atoms with Gasteiger partial charge in [0.25, 0.3) is 0 Å². The fourth-order valence-corrected chi connectivity index (χ4v) is 2.41. The summed E-state index contributed by atoms with van der Waals surface area (Å²) in [4.78, 5) is 15.4. The zero-order chi connectivity index (χ0) is 13.5. The van der Waals surface area contributed by atoms with E-state index in [9.17, 15) is 4.79 Å². The Hall–Kier alpha value is -0.780. The van der Waals surface area contributed by atoms with Crippen molar-refractivity contribution in [3.05, 3.63) is 23.4 Å². The lowest BCUT2D eigenvalue weighted by Crippen LogP contribution is -2.44. The molecule has 0 spiro atoms. The molecule has 0 radical (unpaired) electrons. The van der Waals surface area contributed by atoms with Crippen LogP contribution in [0.25, 0.3) is 0 Å². The second kappa shape index (κ2) is 7.61. The van der Waals surface area contributed by atoms with E-state index in [-0.39, 0.29) is 18.0 Å². The third-order valence-electron chi connectivity index (χ3n) is 2.23. The highest BCUT2D eigenvalue weighted by Gasteiger charge is 2.15. The molecule has 0 aromatic carbocycles. The Morgan fingerprint density at radius 1 is 1.56 bits per heavy atom. The molecule has 1 rings (SSSR count). The largest absolute Gasteiger partial charge is 0.368 e. The van der Waals surface area contributed by atoms with Crippen molar-refractivity contribution in [3.8, 4) is 0 Å². The SMILES string of the molecule is CC(C)NC(CCSc1ccc(Cl)cn1)C(N)=O. The van der Waals surface area contributed by atoms with Crippen LogP contribution in [0.5, 0.6) is 0 Å². The van der Waals surface area contributed by atoms with Crippen LogP contribution in [0, 0.1) is 0 Å². The minimum absolute atomic E-state index is 0.237. The lowest BCUT2D eigenvalue weighted by Gasteiger charge is -2.17. The first-order valence-electron chi connectivity index (χ1n) is 5.78. The predicted molar refractivity (Wildman–Crippen MR) is 75.8 cm³/mol. The van der Waals surface area contributed by atoms with Gasteiger partial charge in [-0.2, -0.15) is 0 Å². The molecule has 1 atom stereocenters. The molecule has 0 saturated carbocycles. The normalized spacial score (nSPS) is 12.7. The highest BCUT2D eigenvalue weighted by Crippen LogP contribution is 2.18. The molecule has 0 saturated heterocycles. The second-order valence-electron chi connectivity index (χ2n) is 4.23. The number of nitrogens with two attached hydrogens (primary N) is 1. The molecule has 1 aromatic heterocycles. The minimum Gasteiger partial charge on any atom is -0.368 e. The average Bonchev–Trinajstić information content (AvgIpc) is 2.29. The first kappa shape index (κ1) is 15.3. The van der Waals surface area contributed by atoms with Crippen molar-refractivity contribution in [2.75, 3.05) is 5.75 Å². The van der Waals surface area contributed by atoms with Crippen LogP contribution in [-0.4, -0.2) is 28.7 Å². The van der Waals surface area contributed by atoms with Gasteiger partial charge in [-0.1, -0.05) is 25.4 Å². The van der Waals surface area contributed by atoms with Gasteiger partial charge in [-0.25, -0.2) is 4.98 Å². The summed E-state index contributed by atoms with van der Waals surface area (Å²) in [6.45, 7) is 3.98. The standard InChI is InChI=1S/C12H18ClN3OS/c1-8(2)16-10(12(14)17)5-6-18-11-4-3-9(13)7-15-11/h3-4,7-8,10,16H,5-6H2,1-2H3,(H2,14,17). The number of nitrogens with one attached hydrogen (secondary N) is 1. The molecule has 1 aromatic rings. The molecule has 0 aliphatic rings. The fourth-order valence-electron chi connectivity index (χ4n) is 1.44. The third kappa shape index (κ3) is 5.71. The Morgan fingerprint density at radius 3 is 2.78 bits per heavy atom. The monoisotopic (exact) mass is 287 g/mol. The van der Waals surface area contributed by atoms with E-state index >= 15 is 0 Å². The quantitative estimate of drug-likeness (QED) is 0.754. The number of hydrogen-bond acceptors (Lipinski definition) is 4. The number of pyridine rings is 1. The molecule has 0 bridgehead atoms. The van der Waals surface area contributed by atoms with Crippen molar-refractivity contribution < 1.29 is 4.79 Å². The van der Waals surface area contributed by atoms with Crippen molar-refractivity contribution in [1.29, 1.82) is 0 Å². The summed E-state index contributed by atoms with van der Waals surface area (Å²) >= 11 is 7.34. The smallest absolute Gasteiger partial charge is 0.234 e. The molecule has 0 fully saturated rings. The van der Waals surface area contributed by atoms with Gasteiger partial charge in [0.1, 0.15) is 0 Å². The molecule has 1 heterocycles.